The Morgan fingerprint density at radius 3 is 2.79 bits per heavy atom. The lowest BCUT2D eigenvalue weighted by molar-refractivity contribution is 0.629. The smallest absolute Gasteiger partial charge is 0.125 e. The predicted octanol–water partition coefficient (Wildman–Crippen LogP) is 2.92. The zero-order valence-corrected chi connectivity index (χ0v) is 8.27. The Morgan fingerprint density at radius 2 is 2.07 bits per heavy atom. The summed E-state index contributed by atoms with van der Waals surface area (Å²) in [6.45, 7) is 1.81. The molecule has 2 aromatic rings. The molecule has 14 heavy (non-hydrogen) atoms. The first kappa shape index (κ1) is 9.21. The summed E-state index contributed by atoms with van der Waals surface area (Å²) in [6, 6.07) is 4.26. The van der Waals surface area contributed by atoms with Crippen LogP contribution in [0.5, 0.6) is 0 Å². The van der Waals surface area contributed by atoms with Gasteiger partial charge in [0.1, 0.15) is 5.82 Å². The van der Waals surface area contributed by atoms with Crippen LogP contribution in [0.2, 0.25) is 5.02 Å². The first-order valence-corrected chi connectivity index (χ1v) is 4.47. The molecule has 0 aliphatic carbocycles. The third kappa shape index (κ3) is 1.40. The summed E-state index contributed by atoms with van der Waals surface area (Å²) in [5.74, 6) is -0.403. The fraction of sp³-hybridized carbons (Fsp3) is 0.100. The topological polar surface area (TPSA) is 38.9 Å². The maximum Gasteiger partial charge on any atom is 0.125 e. The van der Waals surface area contributed by atoms with Crippen LogP contribution in [0.1, 0.15) is 5.69 Å². The molecule has 1 heterocycles. The maximum absolute atomic E-state index is 13.0. The summed E-state index contributed by atoms with van der Waals surface area (Å²) < 4.78 is 13.0. The second-order valence-electron chi connectivity index (χ2n) is 3.14. The van der Waals surface area contributed by atoms with Gasteiger partial charge in [0.25, 0.3) is 0 Å². The number of pyridine rings is 1. The monoisotopic (exact) mass is 210 g/mol. The van der Waals surface area contributed by atoms with Crippen molar-refractivity contribution in [2.45, 2.75) is 6.92 Å². The van der Waals surface area contributed by atoms with Gasteiger partial charge in [-0.25, -0.2) is 4.39 Å². The Kier molecular flexibility index (Phi) is 2.04. The summed E-state index contributed by atoms with van der Waals surface area (Å²) >= 11 is 5.85. The molecule has 0 aliphatic rings. The van der Waals surface area contributed by atoms with E-state index in [9.17, 15) is 4.39 Å². The van der Waals surface area contributed by atoms with E-state index in [1.54, 1.807) is 6.07 Å². The minimum Gasteiger partial charge on any atom is -0.398 e. The average Bonchev–Trinajstić information content (AvgIpc) is 2.07. The number of rotatable bonds is 0. The van der Waals surface area contributed by atoms with E-state index in [-0.39, 0.29) is 5.02 Å². The number of aryl methyl sites for hydroxylation is 1. The van der Waals surface area contributed by atoms with Gasteiger partial charge >= 0.3 is 0 Å². The molecule has 0 aliphatic heterocycles. The molecule has 72 valence electrons. The van der Waals surface area contributed by atoms with Crippen LogP contribution in [-0.4, -0.2) is 4.98 Å². The van der Waals surface area contributed by atoms with Crippen LogP contribution in [0.4, 0.5) is 10.1 Å². The molecule has 0 unspecified atom stereocenters. The van der Waals surface area contributed by atoms with Crippen LogP contribution in [0.3, 0.4) is 0 Å². The van der Waals surface area contributed by atoms with Crippen molar-refractivity contribution in [3.63, 3.8) is 0 Å². The summed E-state index contributed by atoms with van der Waals surface area (Å²) in [5, 5.41) is 0.844. The lowest BCUT2D eigenvalue weighted by atomic mass is 10.1. The van der Waals surface area contributed by atoms with Crippen LogP contribution < -0.4 is 5.73 Å². The minimum absolute atomic E-state index is 0.287. The van der Waals surface area contributed by atoms with Crippen LogP contribution in [0.15, 0.2) is 18.2 Å². The fourth-order valence-electron chi connectivity index (χ4n) is 1.41. The van der Waals surface area contributed by atoms with Crippen molar-refractivity contribution in [3.8, 4) is 0 Å². The fourth-order valence-corrected chi connectivity index (χ4v) is 1.66. The molecule has 2 rings (SSSR count). The zero-order valence-electron chi connectivity index (χ0n) is 7.51. The van der Waals surface area contributed by atoms with E-state index in [4.69, 9.17) is 17.3 Å². The van der Waals surface area contributed by atoms with E-state index in [1.807, 2.05) is 6.92 Å². The number of anilines is 1. The van der Waals surface area contributed by atoms with Gasteiger partial charge in [0.2, 0.25) is 0 Å². The molecule has 0 saturated carbocycles. The van der Waals surface area contributed by atoms with Gasteiger partial charge in [-0.05, 0) is 25.1 Å². The van der Waals surface area contributed by atoms with Crippen molar-refractivity contribution in [1.29, 1.82) is 0 Å². The molecule has 4 heteroatoms. The molecular weight excluding hydrogens is 203 g/mol. The number of halogens is 2. The van der Waals surface area contributed by atoms with Crippen molar-refractivity contribution >= 4 is 28.2 Å². The van der Waals surface area contributed by atoms with E-state index in [2.05, 4.69) is 4.98 Å². The van der Waals surface area contributed by atoms with Crippen molar-refractivity contribution in [1.82, 2.24) is 4.98 Å². The molecule has 2 nitrogen and oxygen atoms in total. The van der Waals surface area contributed by atoms with E-state index in [0.717, 1.165) is 5.69 Å². The minimum atomic E-state index is -0.403. The number of fused-ring (bicyclic) bond motifs is 1. The highest BCUT2D eigenvalue weighted by Gasteiger charge is 2.07. The molecule has 0 bridgehead atoms. The standard InChI is InChI=1S/C10H8ClFN2/c1-5-2-9(13)7-3-6(12)4-8(11)10(7)14-5/h2-4H,1H3,(H2,13,14). The number of hydrogen-bond acceptors (Lipinski definition) is 2. The van der Waals surface area contributed by atoms with Crippen LogP contribution in [0.25, 0.3) is 10.9 Å². The Balaban J connectivity index is 2.94. The third-order valence-corrected chi connectivity index (χ3v) is 2.28. The Bertz CT molecular complexity index is 464. The van der Waals surface area contributed by atoms with Gasteiger partial charge < -0.3 is 5.73 Å². The van der Waals surface area contributed by atoms with E-state index in [1.165, 1.54) is 12.1 Å². The van der Waals surface area contributed by atoms with Crippen molar-refractivity contribution < 1.29 is 4.39 Å². The quantitative estimate of drug-likeness (QED) is 0.726. The van der Waals surface area contributed by atoms with E-state index < -0.39 is 5.82 Å². The molecule has 2 N–H and O–H groups in total. The Hall–Kier alpha value is -1.35. The number of hydrogen-bond donors (Lipinski definition) is 1. The van der Waals surface area contributed by atoms with E-state index >= 15 is 0 Å². The molecule has 0 saturated heterocycles. The summed E-state index contributed by atoms with van der Waals surface area (Å²) in [4.78, 5) is 4.20. The van der Waals surface area contributed by atoms with Crippen molar-refractivity contribution in [3.05, 3.63) is 34.7 Å². The van der Waals surface area contributed by atoms with Gasteiger partial charge in [0.15, 0.2) is 0 Å². The van der Waals surface area contributed by atoms with Gasteiger partial charge in [0, 0.05) is 16.8 Å². The number of nitrogens with two attached hydrogens (primary N) is 1. The average molecular weight is 211 g/mol. The molecule has 1 aromatic carbocycles. The molecule has 0 radical (unpaired) electrons. The van der Waals surface area contributed by atoms with Crippen molar-refractivity contribution in [2.24, 2.45) is 0 Å². The third-order valence-electron chi connectivity index (χ3n) is 1.99. The molecule has 1 aromatic heterocycles. The molecule has 0 atom stereocenters. The molecular formula is C10H8ClFN2. The highest BCUT2D eigenvalue weighted by molar-refractivity contribution is 6.35. The summed E-state index contributed by atoms with van der Waals surface area (Å²) in [5.41, 5.74) is 7.54. The lowest BCUT2D eigenvalue weighted by Gasteiger charge is -2.04. The zero-order chi connectivity index (χ0) is 10.3. The second-order valence-corrected chi connectivity index (χ2v) is 3.54. The highest BCUT2D eigenvalue weighted by atomic mass is 35.5. The maximum atomic E-state index is 13.0. The van der Waals surface area contributed by atoms with Crippen LogP contribution in [-0.2, 0) is 0 Å². The van der Waals surface area contributed by atoms with Crippen LogP contribution >= 0.6 is 11.6 Å². The van der Waals surface area contributed by atoms with Crippen molar-refractivity contribution in [2.75, 3.05) is 5.73 Å². The Labute approximate surface area is 85.5 Å². The number of nitrogens with zero attached hydrogens (tertiary/aromatic N) is 1. The first-order chi connectivity index (χ1) is 6.58. The van der Waals surface area contributed by atoms with Crippen LogP contribution in [0, 0.1) is 12.7 Å². The predicted molar refractivity (Wildman–Crippen MR) is 55.9 cm³/mol. The number of benzene rings is 1. The SMILES string of the molecule is Cc1cc(N)c2cc(F)cc(Cl)c2n1. The van der Waals surface area contributed by atoms with Gasteiger partial charge in [-0.1, -0.05) is 11.6 Å². The summed E-state index contributed by atoms with van der Waals surface area (Å²) in [7, 11) is 0. The molecule has 0 fully saturated rings. The van der Waals surface area contributed by atoms with Gasteiger partial charge in [-0.3, -0.25) is 4.98 Å². The highest BCUT2D eigenvalue weighted by Crippen LogP contribution is 2.27. The first-order valence-electron chi connectivity index (χ1n) is 4.10. The van der Waals surface area contributed by atoms with E-state index in [0.29, 0.717) is 16.6 Å². The van der Waals surface area contributed by atoms with Gasteiger partial charge in [-0.15, -0.1) is 0 Å². The second kappa shape index (κ2) is 3.10. The number of aromatic nitrogens is 1. The molecule has 0 amide bonds. The van der Waals surface area contributed by atoms with Gasteiger partial charge in [-0.2, -0.15) is 0 Å². The largest absolute Gasteiger partial charge is 0.398 e. The van der Waals surface area contributed by atoms with Gasteiger partial charge in [0.05, 0.1) is 10.5 Å². The lowest BCUT2D eigenvalue weighted by Crippen LogP contribution is -1.93. The normalized spacial score (nSPS) is 10.8. The summed E-state index contributed by atoms with van der Waals surface area (Å²) in [6.07, 6.45) is 0. The molecule has 0 spiro atoms. The number of nitrogen functional groups attached to an aromatic ring is 1. The Morgan fingerprint density at radius 1 is 1.36 bits per heavy atom.